The molecule has 2 nitrogen and oxygen atoms in total. The van der Waals surface area contributed by atoms with Crippen LogP contribution in [0.2, 0.25) is 0 Å². The van der Waals surface area contributed by atoms with Crippen LogP contribution in [0, 0.1) is 0 Å². The first-order chi connectivity index (χ1) is 6.71. The van der Waals surface area contributed by atoms with Gasteiger partial charge in [0.1, 0.15) is 7.85 Å². The summed E-state index contributed by atoms with van der Waals surface area (Å²) in [6.45, 7) is 1.75. The number of benzene rings is 1. The van der Waals surface area contributed by atoms with Crippen LogP contribution in [0.15, 0.2) is 24.3 Å². The minimum atomic E-state index is -0.654. The van der Waals surface area contributed by atoms with Gasteiger partial charge in [-0.2, -0.15) is 0 Å². The van der Waals surface area contributed by atoms with Gasteiger partial charge >= 0.3 is 0 Å². The van der Waals surface area contributed by atoms with Gasteiger partial charge in [-0.1, -0.05) is 29.7 Å². The van der Waals surface area contributed by atoms with Gasteiger partial charge in [0.2, 0.25) is 0 Å². The van der Waals surface area contributed by atoms with Crippen LogP contribution in [0.3, 0.4) is 0 Å². The number of nitrogens with one attached hydrogen (secondary N) is 1. The fourth-order valence-electron chi connectivity index (χ4n) is 1.92. The Kier molecular flexibility index (Phi) is 2.61. The SMILES string of the molecule is [B]c1ccc(C2(O)CCNCC2)cc1. The standard InChI is InChI=1S/C11H14BNO/c12-10-3-1-9(2-4-10)11(14)5-7-13-8-6-11/h1-4,13-14H,5-8H2. The molecule has 0 amide bonds. The molecule has 1 aliphatic heterocycles. The molecule has 0 atom stereocenters. The van der Waals surface area contributed by atoms with Crippen molar-refractivity contribution in [3.8, 4) is 0 Å². The molecular weight excluding hydrogens is 173 g/mol. The third-order valence-electron chi connectivity index (χ3n) is 2.88. The van der Waals surface area contributed by atoms with Crippen molar-refractivity contribution in [3.63, 3.8) is 0 Å². The number of aliphatic hydroxyl groups is 1. The molecule has 72 valence electrons. The summed E-state index contributed by atoms with van der Waals surface area (Å²) in [6.07, 6.45) is 1.55. The van der Waals surface area contributed by atoms with Gasteiger partial charge < -0.3 is 10.4 Å². The Balaban J connectivity index is 2.23. The zero-order chi connectivity index (χ0) is 10.0. The molecule has 2 rings (SSSR count). The molecule has 1 fully saturated rings. The minimum absolute atomic E-state index is 0.654. The maximum Gasteiger partial charge on any atom is 0.113 e. The summed E-state index contributed by atoms with van der Waals surface area (Å²) in [6, 6.07) is 7.52. The van der Waals surface area contributed by atoms with Gasteiger partial charge in [0.15, 0.2) is 0 Å². The highest BCUT2D eigenvalue weighted by atomic mass is 16.3. The molecule has 0 aliphatic carbocycles. The Morgan fingerprint density at radius 1 is 1.14 bits per heavy atom. The van der Waals surface area contributed by atoms with Crippen molar-refractivity contribution >= 4 is 13.3 Å². The van der Waals surface area contributed by atoms with E-state index < -0.39 is 5.60 Å². The summed E-state index contributed by atoms with van der Waals surface area (Å²) in [5, 5.41) is 13.6. The van der Waals surface area contributed by atoms with Gasteiger partial charge in [0, 0.05) is 0 Å². The smallest absolute Gasteiger partial charge is 0.113 e. The molecule has 1 aromatic carbocycles. The van der Waals surface area contributed by atoms with Gasteiger partial charge in [0.05, 0.1) is 5.60 Å². The van der Waals surface area contributed by atoms with Crippen molar-refractivity contribution in [2.75, 3.05) is 13.1 Å². The Labute approximate surface area is 85.7 Å². The van der Waals surface area contributed by atoms with E-state index in [0.717, 1.165) is 37.0 Å². The van der Waals surface area contributed by atoms with Crippen LogP contribution in [-0.2, 0) is 5.60 Å². The van der Waals surface area contributed by atoms with E-state index in [-0.39, 0.29) is 0 Å². The van der Waals surface area contributed by atoms with Crippen LogP contribution in [0.1, 0.15) is 18.4 Å². The molecule has 1 aromatic rings. The molecule has 0 bridgehead atoms. The van der Waals surface area contributed by atoms with E-state index in [1.165, 1.54) is 0 Å². The summed E-state index contributed by atoms with van der Waals surface area (Å²) in [7, 11) is 5.61. The van der Waals surface area contributed by atoms with Crippen LogP contribution >= 0.6 is 0 Å². The molecule has 0 aromatic heterocycles. The predicted octanol–water partition coefficient (Wildman–Crippen LogP) is 0.0514. The highest BCUT2D eigenvalue weighted by Crippen LogP contribution is 2.29. The van der Waals surface area contributed by atoms with E-state index in [4.69, 9.17) is 7.85 Å². The van der Waals surface area contributed by atoms with E-state index in [1.807, 2.05) is 24.3 Å². The monoisotopic (exact) mass is 187 g/mol. The Hall–Kier alpha value is -0.795. The van der Waals surface area contributed by atoms with Crippen molar-refractivity contribution in [2.24, 2.45) is 0 Å². The van der Waals surface area contributed by atoms with Crippen LogP contribution in [0.25, 0.3) is 0 Å². The molecule has 14 heavy (non-hydrogen) atoms. The van der Waals surface area contributed by atoms with Crippen molar-refractivity contribution in [1.29, 1.82) is 0 Å². The molecule has 0 unspecified atom stereocenters. The van der Waals surface area contributed by atoms with E-state index in [2.05, 4.69) is 5.32 Å². The normalized spacial score (nSPS) is 20.6. The Morgan fingerprint density at radius 3 is 2.29 bits per heavy atom. The lowest BCUT2D eigenvalue weighted by Gasteiger charge is -2.33. The molecule has 2 N–H and O–H groups in total. The molecule has 3 heteroatoms. The molecular formula is C11H14BNO. The number of rotatable bonds is 1. The van der Waals surface area contributed by atoms with Crippen molar-refractivity contribution in [2.45, 2.75) is 18.4 Å². The largest absolute Gasteiger partial charge is 0.385 e. The number of piperidine rings is 1. The average Bonchev–Trinajstić information content (AvgIpc) is 2.19. The molecule has 0 spiro atoms. The van der Waals surface area contributed by atoms with Gasteiger partial charge in [-0.05, 0) is 31.5 Å². The highest BCUT2D eigenvalue weighted by Gasteiger charge is 2.30. The maximum absolute atomic E-state index is 10.4. The third kappa shape index (κ3) is 1.84. The highest BCUT2D eigenvalue weighted by molar-refractivity contribution is 6.32. The topological polar surface area (TPSA) is 32.3 Å². The fraction of sp³-hybridized carbons (Fsp3) is 0.455. The third-order valence-corrected chi connectivity index (χ3v) is 2.88. The average molecular weight is 187 g/mol. The second kappa shape index (κ2) is 3.75. The first kappa shape index (κ1) is 9.75. The van der Waals surface area contributed by atoms with Gasteiger partial charge in [0.25, 0.3) is 0 Å². The van der Waals surface area contributed by atoms with Crippen LogP contribution in [0.4, 0.5) is 0 Å². The fourth-order valence-corrected chi connectivity index (χ4v) is 1.92. The molecule has 2 radical (unpaired) electrons. The van der Waals surface area contributed by atoms with E-state index >= 15 is 0 Å². The zero-order valence-electron chi connectivity index (χ0n) is 8.16. The van der Waals surface area contributed by atoms with Crippen molar-refractivity contribution in [1.82, 2.24) is 5.32 Å². The molecule has 0 saturated carbocycles. The molecule has 1 heterocycles. The van der Waals surface area contributed by atoms with Gasteiger partial charge in [-0.15, -0.1) is 0 Å². The number of hydrogen-bond donors (Lipinski definition) is 2. The first-order valence-electron chi connectivity index (χ1n) is 5.00. The van der Waals surface area contributed by atoms with Gasteiger partial charge in [-0.25, -0.2) is 0 Å². The Bertz CT molecular complexity index is 304. The summed E-state index contributed by atoms with van der Waals surface area (Å²) < 4.78 is 0. The summed E-state index contributed by atoms with van der Waals surface area (Å²) in [4.78, 5) is 0. The minimum Gasteiger partial charge on any atom is -0.385 e. The zero-order valence-corrected chi connectivity index (χ0v) is 8.16. The van der Waals surface area contributed by atoms with E-state index in [9.17, 15) is 5.11 Å². The predicted molar refractivity (Wildman–Crippen MR) is 57.8 cm³/mol. The van der Waals surface area contributed by atoms with E-state index in [1.54, 1.807) is 0 Å². The van der Waals surface area contributed by atoms with Crippen LogP contribution in [-0.4, -0.2) is 26.0 Å². The lowest BCUT2D eigenvalue weighted by atomic mass is 9.83. The summed E-state index contributed by atoms with van der Waals surface area (Å²) in [5.74, 6) is 0. The lowest BCUT2D eigenvalue weighted by Crippen LogP contribution is -2.39. The van der Waals surface area contributed by atoms with Gasteiger partial charge in [-0.3, -0.25) is 0 Å². The number of hydrogen-bond acceptors (Lipinski definition) is 2. The second-order valence-corrected chi connectivity index (χ2v) is 3.90. The first-order valence-corrected chi connectivity index (χ1v) is 5.00. The summed E-state index contributed by atoms with van der Waals surface area (Å²) >= 11 is 0. The maximum atomic E-state index is 10.4. The lowest BCUT2D eigenvalue weighted by molar-refractivity contribution is 0.00596. The Morgan fingerprint density at radius 2 is 1.71 bits per heavy atom. The van der Waals surface area contributed by atoms with E-state index in [0.29, 0.717) is 0 Å². The summed E-state index contributed by atoms with van der Waals surface area (Å²) in [5.41, 5.74) is 1.07. The quantitative estimate of drug-likeness (QED) is 0.609. The van der Waals surface area contributed by atoms with Crippen LogP contribution < -0.4 is 10.8 Å². The van der Waals surface area contributed by atoms with Crippen LogP contribution in [0.5, 0.6) is 0 Å². The molecule has 1 saturated heterocycles. The van der Waals surface area contributed by atoms with Crippen molar-refractivity contribution < 1.29 is 5.11 Å². The van der Waals surface area contributed by atoms with Crippen molar-refractivity contribution in [3.05, 3.63) is 29.8 Å². The molecule has 1 aliphatic rings. The second-order valence-electron chi connectivity index (χ2n) is 3.90.